The molecule has 142 valence electrons. The molecule has 1 aliphatic heterocycles. The van der Waals surface area contributed by atoms with E-state index in [1.165, 1.54) is 0 Å². The maximum absolute atomic E-state index is 12.9. The Hall–Kier alpha value is -2.86. The highest BCUT2D eigenvalue weighted by Gasteiger charge is 2.40. The lowest BCUT2D eigenvalue weighted by molar-refractivity contribution is -0.125. The zero-order valence-electron chi connectivity index (χ0n) is 15.6. The summed E-state index contributed by atoms with van der Waals surface area (Å²) in [5.41, 5.74) is 2.26. The number of hydrogen-bond acceptors (Lipinski definition) is 4. The Morgan fingerprint density at radius 1 is 1.15 bits per heavy atom. The van der Waals surface area contributed by atoms with Crippen LogP contribution in [0.25, 0.3) is 0 Å². The molecule has 3 rings (SSSR count). The fourth-order valence-electron chi connectivity index (χ4n) is 3.24. The Balaban J connectivity index is 1.83. The molecule has 0 unspecified atom stereocenters. The third kappa shape index (κ3) is 4.11. The first-order valence-electron chi connectivity index (χ1n) is 9.04. The Morgan fingerprint density at radius 2 is 1.89 bits per heavy atom. The number of carbonyl (C=O) groups is 2. The van der Waals surface area contributed by atoms with Gasteiger partial charge in [0, 0.05) is 25.8 Å². The summed E-state index contributed by atoms with van der Waals surface area (Å²) in [6.07, 6.45) is 0. The van der Waals surface area contributed by atoms with E-state index >= 15 is 0 Å². The molecule has 1 heterocycles. The van der Waals surface area contributed by atoms with Crippen LogP contribution in [0, 0.1) is 0 Å². The standard InChI is InChI=1S/C21H24N2O4/c1-3-27-16-10-8-15(9-11-16)14-23-19(20(24)22-12-13-26-2)17-6-4-5-7-18(17)21(23)25/h4-11,19H,3,12-14H2,1-2H3,(H,22,24)/t19-/m1/s1. The lowest BCUT2D eigenvalue weighted by atomic mass is 10.0. The molecule has 2 aromatic rings. The topological polar surface area (TPSA) is 67.9 Å². The van der Waals surface area contributed by atoms with E-state index in [-0.39, 0.29) is 11.8 Å². The summed E-state index contributed by atoms with van der Waals surface area (Å²) in [6.45, 7) is 3.71. The van der Waals surface area contributed by atoms with E-state index in [9.17, 15) is 9.59 Å². The van der Waals surface area contributed by atoms with Crippen LogP contribution in [0.3, 0.4) is 0 Å². The van der Waals surface area contributed by atoms with Crippen molar-refractivity contribution in [2.24, 2.45) is 0 Å². The van der Waals surface area contributed by atoms with Gasteiger partial charge in [-0.15, -0.1) is 0 Å². The fourth-order valence-corrected chi connectivity index (χ4v) is 3.24. The molecule has 0 bridgehead atoms. The number of nitrogens with zero attached hydrogens (tertiary/aromatic N) is 1. The molecule has 0 fully saturated rings. The maximum atomic E-state index is 12.9. The average Bonchev–Trinajstić information content (AvgIpc) is 2.96. The van der Waals surface area contributed by atoms with E-state index < -0.39 is 6.04 Å². The van der Waals surface area contributed by atoms with Crippen LogP contribution in [-0.4, -0.2) is 43.6 Å². The first-order chi connectivity index (χ1) is 13.2. The largest absolute Gasteiger partial charge is 0.494 e. The van der Waals surface area contributed by atoms with Crippen LogP contribution in [0.2, 0.25) is 0 Å². The number of nitrogens with one attached hydrogen (secondary N) is 1. The Morgan fingerprint density at radius 3 is 2.59 bits per heavy atom. The predicted molar refractivity (Wildman–Crippen MR) is 102 cm³/mol. The van der Waals surface area contributed by atoms with Gasteiger partial charge in [0.25, 0.3) is 5.91 Å². The zero-order valence-corrected chi connectivity index (χ0v) is 15.6. The van der Waals surface area contributed by atoms with E-state index in [2.05, 4.69) is 5.32 Å². The van der Waals surface area contributed by atoms with Gasteiger partial charge in [0.05, 0.1) is 13.2 Å². The highest BCUT2D eigenvalue weighted by molar-refractivity contribution is 6.04. The Labute approximate surface area is 159 Å². The second-order valence-electron chi connectivity index (χ2n) is 6.28. The first-order valence-corrected chi connectivity index (χ1v) is 9.04. The van der Waals surface area contributed by atoms with Crippen LogP contribution in [0.1, 0.15) is 34.5 Å². The quantitative estimate of drug-likeness (QED) is 0.727. The van der Waals surface area contributed by atoms with Crippen LogP contribution in [0.15, 0.2) is 48.5 Å². The van der Waals surface area contributed by atoms with Gasteiger partial charge in [-0.3, -0.25) is 9.59 Å². The van der Waals surface area contributed by atoms with E-state index in [0.29, 0.717) is 31.9 Å². The fraction of sp³-hybridized carbons (Fsp3) is 0.333. The Bertz CT molecular complexity index is 804. The van der Waals surface area contributed by atoms with Crippen LogP contribution in [0.4, 0.5) is 0 Å². The summed E-state index contributed by atoms with van der Waals surface area (Å²) in [5.74, 6) is 0.453. The summed E-state index contributed by atoms with van der Waals surface area (Å²) in [7, 11) is 1.58. The minimum absolute atomic E-state index is 0.133. The average molecular weight is 368 g/mol. The van der Waals surface area contributed by atoms with Crippen molar-refractivity contribution < 1.29 is 19.1 Å². The number of hydrogen-bond donors (Lipinski definition) is 1. The molecule has 0 saturated carbocycles. The van der Waals surface area contributed by atoms with Crippen LogP contribution in [0.5, 0.6) is 5.75 Å². The minimum Gasteiger partial charge on any atom is -0.494 e. The zero-order chi connectivity index (χ0) is 19.2. The number of rotatable bonds is 8. The van der Waals surface area contributed by atoms with Gasteiger partial charge in [-0.25, -0.2) is 0 Å². The van der Waals surface area contributed by atoms with Crippen molar-refractivity contribution in [2.45, 2.75) is 19.5 Å². The molecule has 0 spiro atoms. The van der Waals surface area contributed by atoms with Gasteiger partial charge in [-0.05, 0) is 36.2 Å². The molecule has 0 radical (unpaired) electrons. The van der Waals surface area contributed by atoms with Crippen LogP contribution >= 0.6 is 0 Å². The lowest BCUT2D eigenvalue weighted by Crippen LogP contribution is -2.39. The van der Waals surface area contributed by atoms with Gasteiger partial charge in [-0.2, -0.15) is 0 Å². The van der Waals surface area contributed by atoms with E-state index in [0.717, 1.165) is 16.9 Å². The van der Waals surface area contributed by atoms with Gasteiger partial charge in [-0.1, -0.05) is 30.3 Å². The number of methoxy groups -OCH3 is 1. The highest BCUT2D eigenvalue weighted by Crippen LogP contribution is 2.35. The third-order valence-corrected chi connectivity index (χ3v) is 4.50. The molecule has 0 saturated heterocycles. The maximum Gasteiger partial charge on any atom is 0.255 e. The first kappa shape index (κ1) is 18.9. The second-order valence-corrected chi connectivity index (χ2v) is 6.28. The molecule has 1 N–H and O–H groups in total. The summed E-state index contributed by atoms with van der Waals surface area (Å²) >= 11 is 0. The highest BCUT2D eigenvalue weighted by atomic mass is 16.5. The number of ether oxygens (including phenoxy) is 2. The van der Waals surface area contributed by atoms with Crippen molar-refractivity contribution in [3.8, 4) is 5.75 Å². The molecule has 2 amide bonds. The van der Waals surface area contributed by atoms with Gasteiger partial charge >= 0.3 is 0 Å². The van der Waals surface area contributed by atoms with Gasteiger partial charge in [0.2, 0.25) is 5.91 Å². The van der Waals surface area contributed by atoms with Crippen molar-refractivity contribution in [1.29, 1.82) is 0 Å². The molecule has 6 nitrogen and oxygen atoms in total. The summed E-state index contributed by atoms with van der Waals surface area (Å²) in [5, 5.41) is 2.85. The van der Waals surface area contributed by atoms with Gasteiger partial charge < -0.3 is 19.7 Å². The minimum atomic E-state index is -0.642. The van der Waals surface area contributed by atoms with Crippen LogP contribution in [-0.2, 0) is 16.1 Å². The lowest BCUT2D eigenvalue weighted by Gasteiger charge is -2.25. The molecule has 2 aromatic carbocycles. The van der Waals surface area contributed by atoms with E-state index in [1.54, 1.807) is 18.1 Å². The van der Waals surface area contributed by atoms with E-state index in [4.69, 9.17) is 9.47 Å². The van der Waals surface area contributed by atoms with Crippen molar-refractivity contribution >= 4 is 11.8 Å². The molecule has 0 aromatic heterocycles. The summed E-state index contributed by atoms with van der Waals surface area (Å²) in [4.78, 5) is 27.3. The molecular formula is C21H24N2O4. The SMILES string of the molecule is CCOc1ccc(CN2C(=O)c3ccccc3[C@@H]2C(=O)NCCOC)cc1. The van der Waals surface area contributed by atoms with Crippen LogP contribution < -0.4 is 10.1 Å². The van der Waals surface area contributed by atoms with Crippen molar-refractivity contribution in [1.82, 2.24) is 10.2 Å². The number of fused-ring (bicyclic) bond motifs is 1. The van der Waals surface area contributed by atoms with E-state index in [1.807, 2.05) is 49.4 Å². The molecule has 1 aliphatic rings. The van der Waals surface area contributed by atoms with Crippen molar-refractivity contribution in [3.63, 3.8) is 0 Å². The predicted octanol–water partition coefficient (Wildman–Crippen LogP) is 2.55. The number of benzene rings is 2. The summed E-state index contributed by atoms with van der Waals surface area (Å²) < 4.78 is 10.5. The number of carbonyl (C=O) groups excluding carboxylic acids is 2. The molecule has 27 heavy (non-hydrogen) atoms. The third-order valence-electron chi connectivity index (χ3n) is 4.50. The van der Waals surface area contributed by atoms with Gasteiger partial charge in [0.1, 0.15) is 11.8 Å². The van der Waals surface area contributed by atoms with Crippen molar-refractivity contribution in [3.05, 3.63) is 65.2 Å². The second kappa shape index (κ2) is 8.68. The molecule has 0 aliphatic carbocycles. The smallest absolute Gasteiger partial charge is 0.255 e. The molecule has 1 atom stereocenters. The van der Waals surface area contributed by atoms with Gasteiger partial charge in [0.15, 0.2) is 0 Å². The van der Waals surface area contributed by atoms with Crippen molar-refractivity contribution in [2.75, 3.05) is 26.9 Å². The normalized spacial score (nSPS) is 15.6. The molecule has 6 heteroatoms. The Kier molecular flexibility index (Phi) is 6.08. The molecular weight excluding hydrogens is 344 g/mol. The monoisotopic (exact) mass is 368 g/mol. The summed E-state index contributed by atoms with van der Waals surface area (Å²) in [6, 6.07) is 14.2. The number of amides is 2.